The van der Waals surface area contributed by atoms with Crippen LogP contribution in [0.25, 0.3) is 22.8 Å². The van der Waals surface area contributed by atoms with E-state index in [-0.39, 0.29) is 0 Å². The molecule has 0 amide bonds. The lowest BCUT2D eigenvalue weighted by molar-refractivity contribution is -0.137. The van der Waals surface area contributed by atoms with Gasteiger partial charge in [0.2, 0.25) is 0 Å². The lowest BCUT2D eigenvalue weighted by atomic mass is 9.99. The Bertz CT molecular complexity index is 935. The maximum Gasteiger partial charge on any atom is 0.416 e. The zero-order chi connectivity index (χ0) is 16.7. The summed E-state index contributed by atoms with van der Waals surface area (Å²) in [4.78, 5) is 0. The van der Waals surface area contributed by atoms with E-state index >= 15 is 0 Å². The molecule has 0 saturated carbocycles. The Hall–Kier alpha value is -2.81. The summed E-state index contributed by atoms with van der Waals surface area (Å²) in [5.41, 5.74) is 4.60. The number of hydrogen-bond acceptors (Lipinski definition) is 0. The second-order valence-electron chi connectivity index (χ2n) is 5.77. The van der Waals surface area contributed by atoms with E-state index < -0.39 is 11.7 Å². The fraction of sp³-hybridized carbons (Fsp3) is 0.0476. The molecule has 0 bridgehead atoms. The van der Waals surface area contributed by atoms with Crippen molar-refractivity contribution in [3.63, 3.8) is 0 Å². The Balaban J connectivity index is 1.96. The minimum absolute atomic E-state index is 0.618. The van der Waals surface area contributed by atoms with Crippen LogP contribution in [0.1, 0.15) is 22.3 Å². The highest BCUT2D eigenvalue weighted by atomic mass is 19.4. The molecule has 0 fully saturated rings. The number of benzene rings is 3. The van der Waals surface area contributed by atoms with Crippen LogP contribution in [0.3, 0.4) is 0 Å². The maximum absolute atomic E-state index is 13.1. The summed E-state index contributed by atoms with van der Waals surface area (Å²) in [7, 11) is 0. The summed E-state index contributed by atoms with van der Waals surface area (Å²) in [5, 5.41) is 0. The van der Waals surface area contributed by atoms with E-state index in [0.29, 0.717) is 5.56 Å². The smallest absolute Gasteiger partial charge is 0.166 e. The molecular formula is C21H13F3. The molecule has 0 saturated heterocycles. The number of hydrogen-bond donors (Lipinski definition) is 0. The van der Waals surface area contributed by atoms with Gasteiger partial charge in [0.25, 0.3) is 0 Å². The van der Waals surface area contributed by atoms with Crippen LogP contribution in [-0.2, 0) is 6.18 Å². The first-order chi connectivity index (χ1) is 11.5. The molecule has 24 heavy (non-hydrogen) atoms. The largest absolute Gasteiger partial charge is 0.416 e. The average molecular weight is 322 g/mol. The van der Waals surface area contributed by atoms with Crippen LogP contribution in [0.5, 0.6) is 0 Å². The molecule has 0 heterocycles. The molecule has 1 aliphatic rings. The molecule has 0 aromatic heterocycles. The first-order valence-corrected chi connectivity index (χ1v) is 7.62. The summed E-state index contributed by atoms with van der Waals surface area (Å²) < 4.78 is 39.4. The highest BCUT2D eigenvalue weighted by Crippen LogP contribution is 2.46. The van der Waals surface area contributed by atoms with Crippen molar-refractivity contribution in [3.05, 3.63) is 95.1 Å². The fourth-order valence-corrected chi connectivity index (χ4v) is 3.15. The molecule has 3 aromatic rings. The predicted octanol–water partition coefficient (Wildman–Crippen LogP) is 6.27. The summed E-state index contributed by atoms with van der Waals surface area (Å²) in [6.45, 7) is 0. The van der Waals surface area contributed by atoms with Crippen LogP contribution >= 0.6 is 0 Å². The molecule has 4 rings (SSSR count). The zero-order valence-corrected chi connectivity index (χ0v) is 12.6. The van der Waals surface area contributed by atoms with Crippen LogP contribution in [0.2, 0.25) is 0 Å². The molecule has 0 nitrogen and oxygen atoms in total. The SMILES string of the molecule is FC(F)(F)c1ccc2c(c1)/C(=C/c1ccccc1)c1ccccc1-2. The van der Waals surface area contributed by atoms with Gasteiger partial charge in [0.1, 0.15) is 0 Å². The van der Waals surface area contributed by atoms with Crippen molar-refractivity contribution in [2.75, 3.05) is 0 Å². The summed E-state index contributed by atoms with van der Waals surface area (Å²) in [6, 6.07) is 21.3. The molecule has 3 heteroatoms. The van der Waals surface area contributed by atoms with Crippen molar-refractivity contribution in [2.24, 2.45) is 0 Å². The third-order valence-corrected chi connectivity index (χ3v) is 4.26. The van der Waals surface area contributed by atoms with Gasteiger partial charge in [0.15, 0.2) is 0 Å². The van der Waals surface area contributed by atoms with E-state index in [0.717, 1.165) is 33.9 Å². The van der Waals surface area contributed by atoms with Crippen molar-refractivity contribution < 1.29 is 13.2 Å². The highest BCUT2D eigenvalue weighted by Gasteiger charge is 2.33. The van der Waals surface area contributed by atoms with Gasteiger partial charge in [-0.1, -0.05) is 60.7 Å². The third kappa shape index (κ3) is 2.42. The van der Waals surface area contributed by atoms with E-state index in [2.05, 4.69) is 0 Å². The van der Waals surface area contributed by atoms with E-state index in [1.807, 2.05) is 60.7 Å². The molecule has 0 unspecified atom stereocenters. The van der Waals surface area contributed by atoms with Crippen LogP contribution in [0.15, 0.2) is 72.8 Å². The normalized spacial score (nSPS) is 14.5. The number of alkyl halides is 3. The van der Waals surface area contributed by atoms with Gasteiger partial charge in [-0.2, -0.15) is 13.2 Å². The standard InChI is InChI=1S/C21H13F3/c22-21(23,24)15-10-11-18-16-8-4-5-9-17(16)19(20(18)13-15)12-14-6-2-1-3-7-14/h1-13H/b19-12+. The van der Waals surface area contributed by atoms with Crippen molar-refractivity contribution in [3.8, 4) is 11.1 Å². The lowest BCUT2D eigenvalue weighted by Gasteiger charge is -2.09. The molecular weight excluding hydrogens is 309 g/mol. The molecule has 0 spiro atoms. The highest BCUT2D eigenvalue weighted by molar-refractivity contribution is 6.06. The van der Waals surface area contributed by atoms with Crippen LogP contribution in [0, 0.1) is 0 Å². The van der Waals surface area contributed by atoms with Gasteiger partial charge < -0.3 is 0 Å². The molecule has 0 N–H and O–H groups in total. The van der Waals surface area contributed by atoms with Gasteiger partial charge >= 0.3 is 6.18 Å². The Morgan fingerprint density at radius 1 is 0.625 bits per heavy atom. The molecule has 0 aliphatic heterocycles. The van der Waals surface area contributed by atoms with Gasteiger partial charge in [-0.05, 0) is 51.6 Å². The Morgan fingerprint density at radius 2 is 1.25 bits per heavy atom. The second kappa shape index (κ2) is 5.38. The Morgan fingerprint density at radius 3 is 1.96 bits per heavy atom. The van der Waals surface area contributed by atoms with Gasteiger partial charge in [0, 0.05) is 0 Å². The fourth-order valence-electron chi connectivity index (χ4n) is 3.15. The van der Waals surface area contributed by atoms with E-state index in [1.54, 1.807) is 6.07 Å². The zero-order valence-electron chi connectivity index (χ0n) is 12.6. The first kappa shape index (κ1) is 14.8. The van der Waals surface area contributed by atoms with Crippen molar-refractivity contribution in [1.29, 1.82) is 0 Å². The first-order valence-electron chi connectivity index (χ1n) is 7.62. The van der Waals surface area contributed by atoms with E-state index in [1.165, 1.54) is 6.07 Å². The topological polar surface area (TPSA) is 0 Å². The minimum Gasteiger partial charge on any atom is -0.166 e. The molecule has 0 atom stereocenters. The monoisotopic (exact) mass is 322 g/mol. The van der Waals surface area contributed by atoms with Crippen molar-refractivity contribution >= 4 is 11.6 Å². The lowest BCUT2D eigenvalue weighted by Crippen LogP contribution is -2.05. The van der Waals surface area contributed by atoms with Gasteiger partial charge in [-0.15, -0.1) is 0 Å². The Kier molecular flexibility index (Phi) is 3.31. The quantitative estimate of drug-likeness (QED) is 0.387. The van der Waals surface area contributed by atoms with Crippen LogP contribution in [-0.4, -0.2) is 0 Å². The van der Waals surface area contributed by atoms with Gasteiger partial charge in [-0.25, -0.2) is 0 Å². The van der Waals surface area contributed by atoms with E-state index in [9.17, 15) is 13.2 Å². The molecule has 1 aliphatic carbocycles. The predicted molar refractivity (Wildman–Crippen MR) is 90.3 cm³/mol. The maximum atomic E-state index is 13.1. The van der Waals surface area contributed by atoms with Gasteiger partial charge in [0.05, 0.1) is 5.56 Å². The summed E-state index contributed by atoms with van der Waals surface area (Å²) in [6.07, 6.45) is -2.40. The summed E-state index contributed by atoms with van der Waals surface area (Å²) in [5.74, 6) is 0. The molecule has 0 radical (unpaired) electrons. The minimum atomic E-state index is -4.35. The molecule has 118 valence electrons. The third-order valence-electron chi connectivity index (χ3n) is 4.26. The van der Waals surface area contributed by atoms with Crippen LogP contribution in [0.4, 0.5) is 13.2 Å². The number of fused-ring (bicyclic) bond motifs is 3. The second-order valence-corrected chi connectivity index (χ2v) is 5.77. The molecule has 3 aromatic carbocycles. The van der Waals surface area contributed by atoms with Gasteiger partial charge in [-0.3, -0.25) is 0 Å². The van der Waals surface area contributed by atoms with Crippen molar-refractivity contribution in [1.82, 2.24) is 0 Å². The Labute approximate surface area is 137 Å². The van der Waals surface area contributed by atoms with Crippen molar-refractivity contribution in [2.45, 2.75) is 6.18 Å². The summed E-state index contributed by atoms with van der Waals surface area (Å²) >= 11 is 0. The van der Waals surface area contributed by atoms with Crippen LogP contribution < -0.4 is 0 Å². The number of halogens is 3. The average Bonchev–Trinajstić information content (AvgIpc) is 2.89. The number of rotatable bonds is 1. The van der Waals surface area contributed by atoms with E-state index in [4.69, 9.17) is 0 Å².